The number of carbonyl (C=O) groups is 3. The third-order valence-corrected chi connectivity index (χ3v) is 4.03. The molecule has 21 heavy (non-hydrogen) atoms. The molecule has 0 bridgehead atoms. The lowest BCUT2D eigenvalue weighted by Crippen LogP contribution is -2.39. The van der Waals surface area contributed by atoms with E-state index in [9.17, 15) is 18.8 Å². The zero-order valence-electron chi connectivity index (χ0n) is 11.4. The van der Waals surface area contributed by atoms with Crippen molar-refractivity contribution in [2.45, 2.75) is 38.3 Å². The molecule has 1 saturated heterocycles. The van der Waals surface area contributed by atoms with E-state index >= 15 is 0 Å². The summed E-state index contributed by atoms with van der Waals surface area (Å²) < 4.78 is 12.9. The highest BCUT2D eigenvalue weighted by atomic mass is 19.1. The van der Waals surface area contributed by atoms with Crippen LogP contribution in [0.25, 0.3) is 0 Å². The fourth-order valence-corrected chi connectivity index (χ4v) is 2.92. The van der Waals surface area contributed by atoms with E-state index in [1.807, 2.05) is 0 Å². The van der Waals surface area contributed by atoms with E-state index in [4.69, 9.17) is 0 Å². The average Bonchev–Trinajstić information content (AvgIpc) is 3.05. The highest BCUT2D eigenvalue weighted by Crippen LogP contribution is 2.28. The smallest absolute Gasteiger partial charge is 0.263 e. The molecule has 0 aromatic heterocycles. The van der Waals surface area contributed by atoms with E-state index in [1.54, 1.807) is 0 Å². The van der Waals surface area contributed by atoms with Crippen molar-refractivity contribution in [3.8, 4) is 0 Å². The Balaban J connectivity index is 1.79. The highest BCUT2D eigenvalue weighted by molar-refractivity contribution is 6.44. The Bertz CT molecular complexity index is 593. The third kappa shape index (κ3) is 2.41. The molecule has 1 aromatic carbocycles. The van der Waals surface area contributed by atoms with Gasteiger partial charge in [-0.25, -0.2) is 9.18 Å². The largest absolute Gasteiger partial charge is 0.334 e. The van der Waals surface area contributed by atoms with Crippen molar-refractivity contribution in [1.82, 2.24) is 9.80 Å². The predicted molar refractivity (Wildman–Crippen MR) is 71.4 cm³/mol. The van der Waals surface area contributed by atoms with Gasteiger partial charge in [0.25, 0.3) is 0 Å². The van der Waals surface area contributed by atoms with Crippen molar-refractivity contribution in [2.24, 2.45) is 0 Å². The molecule has 5 nitrogen and oxygen atoms in total. The lowest BCUT2D eigenvalue weighted by Gasteiger charge is -2.21. The standard InChI is InChI=1S/C15H15FN2O3/c16-11-7-5-10(6-8-11)9-17-13(19)14(20)18(15(17)21)12-3-1-2-4-12/h5-8,12H,1-4,9H2. The lowest BCUT2D eigenvalue weighted by atomic mass is 10.2. The van der Waals surface area contributed by atoms with Gasteiger partial charge in [-0.05, 0) is 30.5 Å². The molecule has 1 saturated carbocycles. The number of hydrogen-bond donors (Lipinski definition) is 0. The summed E-state index contributed by atoms with van der Waals surface area (Å²) in [5.41, 5.74) is 0.610. The Morgan fingerprint density at radius 2 is 1.62 bits per heavy atom. The number of rotatable bonds is 3. The van der Waals surface area contributed by atoms with Gasteiger partial charge in [-0.3, -0.25) is 19.4 Å². The molecule has 0 unspecified atom stereocenters. The lowest BCUT2D eigenvalue weighted by molar-refractivity contribution is -0.144. The number of carbonyl (C=O) groups excluding carboxylic acids is 3. The molecule has 4 amide bonds. The normalized spacial score (nSPS) is 20.0. The fourth-order valence-electron chi connectivity index (χ4n) is 2.92. The molecule has 1 aliphatic heterocycles. The number of hydrogen-bond acceptors (Lipinski definition) is 3. The Labute approximate surface area is 121 Å². The summed E-state index contributed by atoms with van der Waals surface area (Å²) in [5.74, 6) is -1.92. The average molecular weight is 290 g/mol. The molecule has 1 heterocycles. The van der Waals surface area contributed by atoms with E-state index in [1.165, 1.54) is 24.3 Å². The van der Waals surface area contributed by atoms with Crippen LogP contribution < -0.4 is 0 Å². The second kappa shape index (κ2) is 5.27. The summed E-state index contributed by atoms with van der Waals surface area (Å²) in [7, 11) is 0. The third-order valence-electron chi connectivity index (χ3n) is 4.03. The van der Waals surface area contributed by atoms with Gasteiger partial charge in [-0.2, -0.15) is 0 Å². The monoisotopic (exact) mass is 290 g/mol. The molecule has 110 valence electrons. The van der Waals surface area contributed by atoms with Crippen LogP contribution in [-0.4, -0.2) is 33.7 Å². The maximum absolute atomic E-state index is 12.9. The second-order valence-corrected chi connectivity index (χ2v) is 5.41. The maximum atomic E-state index is 12.9. The Morgan fingerprint density at radius 1 is 1.00 bits per heavy atom. The summed E-state index contributed by atoms with van der Waals surface area (Å²) in [5, 5.41) is 0. The van der Waals surface area contributed by atoms with Gasteiger partial charge < -0.3 is 0 Å². The number of urea groups is 1. The number of nitrogens with zero attached hydrogens (tertiary/aromatic N) is 2. The first kappa shape index (κ1) is 13.7. The van der Waals surface area contributed by atoms with E-state index in [0.29, 0.717) is 5.56 Å². The van der Waals surface area contributed by atoms with Crippen LogP contribution in [0.3, 0.4) is 0 Å². The topological polar surface area (TPSA) is 57.7 Å². The van der Waals surface area contributed by atoms with Gasteiger partial charge in [0.1, 0.15) is 5.82 Å². The molecule has 0 atom stereocenters. The zero-order chi connectivity index (χ0) is 15.0. The van der Waals surface area contributed by atoms with Crippen molar-refractivity contribution < 1.29 is 18.8 Å². The Hall–Kier alpha value is -2.24. The highest BCUT2D eigenvalue weighted by Gasteiger charge is 2.47. The van der Waals surface area contributed by atoms with Crippen LogP contribution in [0.2, 0.25) is 0 Å². The molecule has 6 heteroatoms. The number of halogens is 1. The van der Waals surface area contributed by atoms with Gasteiger partial charge in [0.2, 0.25) is 0 Å². The minimum absolute atomic E-state index is 0.00704. The van der Waals surface area contributed by atoms with Gasteiger partial charge in [0, 0.05) is 6.04 Å². The van der Waals surface area contributed by atoms with Crippen LogP contribution >= 0.6 is 0 Å². The van der Waals surface area contributed by atoms with Gasteiger partial charge in [0.05, 0.1) is 6.54 Å². The first-order valence-corrected chi connectivity index (χ1v) is 7.01. The zero-order valence-corrected chi connectivity index (χ0v) is 11.4. The van der Waals surface area contributed by atoms with Gasteiger partial charge in [-0.15, -0.1) is 0 Å². The van der Waals surface area contributed by atoms with E-state index in [2.05, 4.69) is 0 Å². The maximum Gasteiger partial charge on any atom is 0.334 e. The first-order valence-electron chi connectivity index (χ1n) is 7.01. The SMILES string of the molecule is O=C1C(=O)N(C2CCCC2)C(=O)N1Cc1ccc(F)cc1. The minimum Gasteiger partial charge on any atom is -0.263 e. The van der Waals surface area contributed by atoms with E-state index in [0.717, 1.165) is 35.5 Å². The van der Waals surface area contributed by atoms with Crippen LogP contribution in [0.15, 0.2) is 24.3 Å². The van der Waals surface area contributed by atoms with E-state index < -0.39 is 17.8 Å². The molecule has 0 N–H and O–H groups in total. The van der Waals surface area contributed by atoms with Crippen LogP contribution in [0, 0.1) is 5.82 Å². The summed E-state index contributed by atoms with van der Waals surface area (Å²) in [6, 6.07) is 4.80. The molecule has 0 spiro atoms. The molecular formula is C15H15FN2O3. The molecule has 0 radical (unpaired) electrons. The summed E-state index contributed by atoms with van der Waals surface area (Å²) in [4.78, 5) is 38.4. The quantitative estimate of drug-likeness (QED) is 0.632. The van der Waals surface area contributed by atoms with Crippen LogP contribution in [0.4, 0.5) is 9.18 Å². The molecule has 1 aromatic rings. The van der Waals surface area contributed by atoms with Crippen molar-refractivity contribution in [1.29, 1.82) is 0 Å². The van der Waals surface area contributed by atoms with E-state index in [-0.39, 0.29) is 18.4 Å². The summed E-state index contributed by atoms with van der Waals surface area (Å²) >= 11 is 0. The van der Waals surface area contributed by atoms with Crippen LogP contribution in [0.1, 0.15) is 31.2 Å². The second-order valence-electron chi connectivity index (χ2n) is 5.41. The van der Waals surface area contributed by atoms with Crippen molar-refractivity contribution in [3.05, 3.63) is 35.6 Å². The number of benzene rings is 1. The van der Waals surface area contributed by atoms with Crippen molar-refractivity contribution in [2.75, 3.05) is 0 Å². The van der Waals surface area contributed by atoms with Crippen molar-refractivity contribution in [3.63, 3.8) is 0 Å². The predicted octanol–water partition coefficient (Wildman–Crippen LogP) is 2.06. The first-order chi connectivity index (χ1) is 10.1. The van der Waals surface area contributed by atoms with Gasteiger partial charge >= 0.3 is 17.8 Å². The summed E-state index contributed by atoms with van der Waals surface area (Å²) in [6.45, 7) is -0.00704. The fraction of sp³-hybridized carbons (Fsp3) is 0.400. The molecular weight excluding hydrogens is 275 g/mol. The van der Waals surface area contributed by atoms with Gasteiger partial charge in [-0.1, -0.05) is 25.0 Å². The molecule has 2 aliphatic rings. The van der Waals surface area contributed by atoms with Gasteiger partial charge in [0.15, 0.2) is 0 Å². The number of amides is 4. The molecule has 1 aliphatic carbocycles. The number of imide groups is 2. The van der Waals surface area contributed by atoms with Crippen molar-refractivity contribution >= 4 is 17.8 Å². The molecule has 3 rings (SSSR count). The van der Waals surface area contributed by atoms with Crippen LogP contribution in [-0.2, 0) is 16.1 Å². The minimum atomic E-state index is -0.795. The molecule has 2 fully saturated rings. The Morgan fingerprint density at radius 3 is 2.24 bits per heavy atom. The summed E-state index contributed by atoms with van der Waals surface area (Å²) in [6.07, 6.45) is 3.45. The van der Waals surface area contributed by atoms with Crippen LogP contribution in [0.5, 0.6) is 0 Å². The Kier molecular flexibility index (Phi) is 3.45.